The van der Waals surface area contributed by atoms with Crippen LogP contribution in [0.2, 0.25) is 0 Å². The maximum Gasteiger partial charge on any atom is 0.243 e. The Morgan fingerprint density at radius 2 is 2.07 bits per heavy atom. The van der Waals surface area contributed by atoms with E-state index in [-0.39, 0.29) is 23.3 Å². The Balaban J connectivity index is 1.59. The first kappa shape index (κ1) is 20.7. The monoisotopic (exact) mass is 428 g/mol. The maximum absolute atomic E-state index is 14.8. The van der Waals surface area contributed by atoms with Gasteiger partial charge in [0.25, 0.3) is 0 Å². The lowest BCUT2D eigenvalue weighted by Gasteiger charge is -2.20. The first-order valence-electron chi connectivity index (χ1n) is 9.99. The quantitative estimate of drug-likeness (QED) is 0.633. The zero-order valence-corrected chi connectivity index (χ0v) is 17.6. The summed E-state index contributed by atoms with van der Waals surface area (Å²) in [5.74, 6) is -0.386. The highest BCUT2D eigenvalue weighted by molar-refractivity contribution is 7.89. The molecule has 2 heterocycles. The number of nitrogens with zero attached hydrogens (tertiary/aromatic N) is 2. The van der Waals surface area contributed by atoms with Gasteiger partial charge < -0.3 is 5.32 Å². The van der Waals surface area contributed by atoms with Gasteiger partial charge in [-0.2, -0.15) is 5.10 Å². The van der Waals surface area contributed by atoms with Crippen molar-refractivity contribution in [2.45, 2.75) is 36.7 Å². The molecule has 1 aliphatic heterocycles. The third-order valence-electron chi connectivity index (χ3n) is 5.42. The minimum atomic E-state index is -3.76. The Bertz CT molecular complexity index is 1130. The van der Waals surface area contributed by atoms with Crippen molar-refractivity contribution < 1.29 is 12.8 Å². The lowest BCUT2D eigenvalue weighted by molar-refractivity contribution is 0.537. The van der Waals surface area contributed by atoms with Gasteiger partial charge in [-0.3, -0.25) is 4.68 Å². The summed E-state index contributed by atoms with van der Waals surface area (Å²) in [6, 6.07) is 13.6. The van der Waals surface area contributed by atoms with Gasteiger partial charge in [-0.25, -0.2) is 17.5 Å². The van der Waals surface area contributed by atoms with Crippen LogP contribution < -0.4 is 10.0 Å². The van der Waals surface area contributed by atoms with Crippen LogP contribution in [0.25, 0.3) is 0 Å². The van der Waals surface area contributed by atoms with Crippen molar-refractivity contribution in [1.29, 1.82) is 0 Å². The van der Waals surface area contributed by atoms with Crippen molar-refractivity contribution in [3.63, 3.8) is 0 Å². The summed E-state index contributed by atoms with van der Waals surface area (Å²) in [6.45, 7) is 0.741. The SMILES string of the molecule is Cn1cc(S(=O)(=O)NCc2cc3c(cc2F)CCCNC3Cc2ccccc2)cn1. The van der Waals surface area contributed by atoms with E-state index in [1.54, 1.807) is 13.1 Å². The molecule has 8 heteroatoms. The minimum Gasteiger partial charge on any atom is -0.310 e. The predicted molar refractivity (Wildman–Crippen MR) is 113 cm³/mol. The maximum atomic E-state index is 14.8. The molecule has 158 valence electrons. The van der Waals surface area contributed by atoms with E-state index in [1.165, 1.54) is 22.6 Å². The molecule has 0 bridgehead atoms. The molecule has 4 rings (SSSR count). The fourth-order valence-corrected chi connectivity index (χ4v) is 4.83. The summed E-state index contributed by atoms with van der Waals surface area (Å²) in [5.41, 5.74) is 3.56. The molecule has 1 atom stereocenters. The lowest BCUT2D eigenvalue weighted by atomic mass is 9.92. The van der Waals surface area contributed by atoms with E-state index in [1.807, 2.05) is 24.3 Å². The van der Waals surface area contributed by atoms with Gasteiger partial charge >= 0.3 is 0 Å². The van der Waals surface area contributed by atoms with Crippen LogP contribution in [0.4, 0.5) is 4.39 Å². The molecule has 1 unspecified atom stereocenters. The Labute approximate surface area is 176 Å². The van der Waals surface area contributed by atoms with Gasteiger partial charge in [-0.1, -0.05) is 30.3 Å². The Morgan fingerprint density at radius 3 is 2.80 bits per heavy atom. The molecular formula is C22H25FN4O2S. The normalized spacial score (nSPS) is 16.8. The molecule has 0 amide bonds. The molecule has 0 radical (unpaired) electrons. The van der Waals surface area contributed by atoms with Crippen molar-refractivity contribution in [1.82, 2.24) is 19.8 Å². The molecule has 1 aliphatic rings. The molecule has 6 nitrogen and oxygen atoms in total. The second-order valence-electron chi connectivity index (χ2n) is 7.62. The molecule has 2 aromatic carbocycles. The van der Waals surface area contributed by atoms with Crippen LogP contribution in [-0.2, 0) is 36.5 Å². The van der Waals surface area contributed by atoms with Crippen LogP contribution in [0.3, 0.4) is 0 Å². The summed E-state index contributed by atoms with van der Waals surface area (Å²) in [5, 5.41) is 7.45. The number of hydrogen-bond donors (Lipinski definition) is 2. The van der Waals surface area contributed by atoms with Crippen LogP contribution >= 0.6 is 0 Å². The van der Waals surface area contributed by atoms with Crippen LogP contribution in [0.5, 0.6) is 0 Å². The fourth-order valence-electron chi connectivity index (χ4n) is 3.85. The molecule has 30 heavy (non-hydrogen) atoms. The number of halogens is 1. The first-order valence-corrected chi connectivity index (χ1v) is 11.5. The van der Waals surface area contributed by atoms with Crippen molar-refractivity contribution >= 4 is 10.0 Å². The Hall–Kier alpha value is -2.55. The lowest BCUT2D eigenvalue weighted by Crippen LogP contribution is -2.25. The number of benzene rings is 2. The van der Waals surface area contributed by atoms with Crippen LogP contribution in [0, 0.1) is 5.82 Å². The van der Waals surface area contributed by atoms with Crippen molar-refractivity contribution in [2.24, 2.45) is 7.05 Å². The van der Waals surface area contributed by atoms with Gasteiger partial charge in [-0.15, -0.1) is 0 Å². The van der Waals surface area contributed by atoms with E-state index in [0.717, 1.165) is 36.9 Å². The van der Waals surface area contributed by atoms with Crippen LogP contribution in [0.1, 0.15) is 34.7 Å². The molecule has 3 aromatic rings. The molecule has 1 aromatic heterocycles. The molecule has 2 N–H and O–H groups in total. The van der Waals surface area contributed by atoms with Crippen molar-refractivity contribution in [2.75, 3.05) is 6.54 Å². The standard InChI is InChI=1S/C22H25FN4O2S/c1-27-15-19(14-25-27)30(28,29)26-13-18-11-20-17(12-21(18)23)8-5-9-24-22(20)10-16-6-3-2-4-7-16/h2-4,6-7,11-12,14-15,22,24,26H,5,8-10,13H2,1H3. The third kappa shape index (κ3) is 4.61. The number of rotatable bonds is 6. The van der Waals surface area contributed by atoms with Gasteiger partial charge in [0.15, 0.2) is 0 Å². The van der Waals surface area contributed by atoms with E-state index in [0.29, 0.717) is 5.56 Å². The number of aryl methyl sites for hydroxylation is 2. The third-order valence-corrected chi connectivity index (χ3v) is 6.78. The molecular weight excluding hydrogens is 403 g/mol. The fraction of sp³-hybridized carbons (Fsp3) is 0.318. The van der Waals surface area contributed by atoms with Crippen LogP contribution in [-0.4, -0.2) is 24.7 Å². The predicted octanol–water partition coefficient (Wildman–Crippen LogP) is 2.86. The number of sulfonamides is 1. The van der Waals surface area contributed by atoms with Gasteiger partial charge in [0.2, 0.25) is 10.0 Å². The number of hydrogen-bond acceptors (Lipinski definition) is 4. The van der Waals surface area contributed by atoms with Gasteiger partial charge in [0.1, 0.15) is 10.7 Å². The van der Waals surface area contributed by atoms with Gasteiger partial charge in [0.05, 0.1) is 6.20 Å². The molecule has 0 aliphatic carbocycles. The highest BCUT2D eigenvalue weighted by Crippen LogP contribution is 2.28. The average Bonchev–Trinajstić information content (AvgIpc) is 3.09. The summed E-state index contributed by atoms with van der Waals surface area (Å²) < 4.78 is 43.6. The van der Waals surface area contributed by atoms with E-state index in [9.17, 15) is 12.8 Å². The second-order valence-corrected chi connectivity index (χ2v) is 9.38. The van der Waals surface area contributed by atoms with Gasteiger partial charge in [-0.05, 0) is 54.6 Å². The van der Waals surface area contributed by atoms with Crippen molar-refractivity contribution in [3.05, 3.63) is 82.9 Å². The average molecular weight is 429 g/mol. The zero-order chi connectivity index (χ0) is 21.1. The number of nitrogens with one attached hydrogen (secondary N) is 2. The van der Waals surface area contributed by atoms with E-state index in [4.69, 9.17) is 0 Å². The number of fused-ring (bicyclic) bond motifs is 1. The summed E-state index contributed by atoms with van der Waals surface area (Å²) in [4.78, 5) is 0.0591. The summed E-state index contributed by atoms with van der Waals surface area (Å²) in [7, 11) is -2.12. The van der Waals surface area contributed by atoms with E-state index >= 15 is 0 Å². The highest BCUT2D eigenvalue weighted by atomic mass is 32.2. The topological polar surface area (TPSA) is 76.0 Å². The van der Waals surface area contributed by atoms with Crippen LogP contribution in [0.15, 0.2) is 59.8 Å². The van der Waals surface area contributed by atoms with E-state index < -0.39 is 10.0 Å². The molecule has 0 fully saturated rings. The molecule has 0 saturated carbocycles. The second kappa shape index (κ2) is 8.67. The zero-order valence-electron chi connectivity index (χ0n) is 16.8. The smallest absolute Gasteiger partial charge is 0.243 e. The Kier molecular flexibility index (Phi) is 5.99. The minimum absolute atomic E-state index is 0.0548. The summed E-state index contributed by atoms with van der Waals surface area (Å²) in [6.07, 6.45) is 5.21. The summed E-state index contributed by atoms with van der Waals surface area (Å²) >= 11 is 0. The largest absolute Gasteiger partial charge is 0.310 e. The highest BCUT2D eigenvalue weighted by Gasteiger charge is 2.22. The number of aromatic nitrogens is 2. The van der Waals surface area contributed by atoms with Gasteiger partial charge in [0, 0.05) is 31.4 Å². The van der Waals surface area contributed by atoms with E-state index in [2.05, 4.69) is 27.3 Å². The molecule has 0 saturated heterocycles. The van der Waals surface area contributed by atoms with Crippen molar-refractivity contribution in [3.8, 4) is 0 Å². The first-order chi connectivity index (χ1) is 14.4. The Morgan fingerprint density at radius 1 is 1.27 bits per heavy atom. The molecule has 0 spiro atoms.